The van der Waals surface area contributed by atoms with Crippen LogP contribution in [0.1, 0.15) is 39.2 Å². The smallest absolute Gasteiger partial charge is 0.302 e. The number of thiazole rings is 1. The summed E-state index contributed by atoms with van der Waals surface area (Å²) >= 11 is 1.20. The highest BCUT2D eigenvalue weighted by Gasteiger charge is 2.37. The lowest BCUT2D eigenvalue weighted by atomic mass is 9.73. The molecule has 1 saturated carbocycles. The summed E-state index contributed by atoms with van der Waals surface area (Å²) in [5, 5.41) is 1.79. The fraction of sp³-hybridized carbons (Fsp3) is 0.636. The summed E-state index contributed by atoms with van der Waals surface area (Å²) in [7, 11) is 0. The van der Waals surface area contributed by atoms with Gasteiger partial charge in [-0.25, -0.2) is 0 Å². The van der Waals surface area contributed by atoms with Gasteiger partial charge in [-0.1, -0.05) is 25.2 Å². The van der Waals surface area contributed by atoms with Crippen molar-refractivity contribution in [3.63, 3.8) is 0 Å². The zero-order valence-corrected chi connectivity index (χ0v) is 9.84. The third-order valence-electron chi connectivity index (χ3n) is 3.31. The van der Waals surface area contributed by atoms with Crippen LogP contribution in [0.2, 0.25) is 0 Å². The Hall–Kier alpha value is -0.900. The van der Waals surface area contributed by atoms with Crippen LogP contribution in [-0.2, 0) is 4.79 Å². The van der Waals surface area contributed by atoms with E-state index in [9.17, 15) is 9.59 Å². The van der Waals surface area contributed by atoms with Crippen LogP contribution in [0.3, 0.4) is 0 Å². The lowest BCUT2D eigenvalue weighted by Crippen LogP contribution is -2.37. The quantitative estimate of drug-likeness (QED) is 0.735. The number of rotatable bonds is 1. The van der Waals surface area contributed by atoms with Crippen LogP contribution in [0.25, 0.3) is 0 Å². The molecule has 1 aromatic heterocycles. The average molecular weight is 225 g/mol. The number of carbonyl (C=O) groups excluding carboxylic acids is 1. The van der Waals surface area contributed by atoms with Gasteiger partial charge in [0.05, 0.1) is 0 Å². The van der Waals surface area contributed by atoms with E-state index >= 15 is 0 Å². The first kappa shape index (κ1) is 10.6. The minimum absolute atomic E-state index is 0.0394. The normalized spacial score (nSPS) is 25.5. The minimum atomic E-state index is 0.0394. The van der Waals surface area contributed by atoms with Gasteiger partial charge in [-0.2, -0.15) is 0 Å². The SMILES string of the molecule is CC1(C)CCC(=O)CC1n1ccsc1=O. The number of carbonyl (C=O) groups is 1. The molecule has 2 rings (SSSR count). The fourth-order valence-electron chi connectivity index (χ4n) is 2.20. The Bertz CT molecular complexity index is 430. The second-order valence-corrected chi connectivity index (χ2v) is 5.68. The van der Waals surface area contributed by atoms with Crippen LogP contribution in [0.4, 0.5) is 0 Å². The molecule has 0 N–H and O–H groups in total. The van der Waals surface area contributed by atoms with Gasteiger partial charge in [-0.05, 0) is 11.8 Å². The number of ketones is 1. The molecule has 1 atom stereocenters. The van der Waals surface area contributed by atoms with Gasteiger partial charge in [0.2, 0.25) is 0 Å². The summed E-state index contributed by atoms with van der Waals surface area (Å²) in [6.07, 6.45) is 3.84. The molecule has 4 heteroatoms. The summed E-state index contributed by atoms with van der Waals surface area (Å²) < 4.78 is 1.72. The van der Waals surface area contributed by atoms with E-state index in [1.54, 1.807) is 16.1 Å². The van der Waals surface area contributed by atoms with Gasteiger partial charge in [0, 0.05) is 30.5 Å². The Balaban J connectivity index is 2.37. The fourth-order valence-corrected chi connectivity index (χ4v) is 2.82. The van der Waals surface area contributed by atoms with Gasteiger partial charge in [0.1, 0.15) is 5.78 Å². The van der Waals surface area contributed by atoms with Crippen molar-refractivity contribution >= 4 is 17.1 Å². The van der Waals surface area contributed by atoms with E-state index in [0.717, 1.165) is 6.42 Å². The molecule has 0 saturated heterocycles. The summed E-state index contributed by atoms with van der Waals surface area (Å²) in [5.41, 5.74) is 0.0405. The highest BCUT2D eigenvalue weighted by molar-refractivity contribution is 7.07. The maximum Gasteiger partial charge on any atom is 0.307 e. The topological polar surface area (TPSA) is 39.1 Å². The number of hydrogen-bond donors (Lipinski definition) is 0. The van der Waals surface area contributed by atoms with E-state index in [1.807, 2.05) is 0 Å². The molecule has 3 nitrogen and oxygen atoms in total. The molecule has 15 heavy (non-hydrogen) atoms. The predicted octanol–water partition coefficient (Wildman–Crippen LogP) is 2.23. The maximum absolute atomic E-state index is 11.6. The lowest BCUT2D eigenvalue weighted by molar-refractivity contribution is -0.123. The molecule has 0 aromatic carbocycles. The second-order valence-electron chi connectivity index (χ2n) is 4.82. The molecule has 1 heterocycles. The summed E-state index contributed by atoms with van der Waals surface area (Å²) in [4.78, 5) is 23.1. The third-order valence-corrected chi connectivity index (χ3v) is 3.98. The van der Waals surface area contributed by atoms with Crippen LogP contribution in [0.15, 0.2) is 16.4 Å². The van der Waals surface area contributed by atoms with Crippen molar-refractivity contribution in [2.75, 3.05) is 0 Å². The summed E-state index contributed by atoms with van der Waals surface area (Å²) in [6.45, 7) is 4.27. The van der Waals surface area contributed by atoms with Gasteiger partial charge in [-0.3, -0.25) is 9.59 Å². The van der Waals surface area contributed by atoms with Gasteiger partial charge in [-0.15, -0.1) is 0 Å². The number of hydrogen-bond acceptors (Lipinski definition) is 3. The molecule has 1 unspecified atom stereocenters. The van der Waals surface area contributed by atoms with Crippen molar-refractivity contribution in [2.45, 2.75) is 39.2 Å². The van der Waals surface area contributed by atoms with E-state index in [1.165, 1.54) is 11.3 Å². The molecule has 1 aliphatic rings. The maximum atomic E-state index is 11.6. The molecule has 0 aliphatic heterocycles. The average Bonchev–Trinajstić information content (AvgIpc) is 2.56. The van der Waals surface area contributed by atoms with Gasteiger partial charge in [0.25, 0.3) is 0 Å². The number of aromatic nitrogens is 1. The Morgan fingerprint density at radius 1 is 1.47 bits per heavy atom. The van der Waals surface area contributed by atoms with Gasteiger partial charge in [0.15, 0.2) is 0 Å². The molecule has 82 valence electrons. The van der Waals surface area contributed by atoms with E-state index in [4.69, 9.17) is 0 Å². The first-order chi connectivity index (χ1) is 7.00. The largest absolute Gasteiger partial charge is 0.307 e. The molecule has 1 aliphatic carbocycles. The lowest BCUT2D eigenvalue weighted by Gasteiger charge is -2.38. The second kappa shape index (κ2) is 3.59. The Kier molecular flexibility index (Phi) is 2.54. The van der Waals surface area contributed by atoms with Crippen molar-refractivity contribution in [2.24, 2.45) is 5.41 Å². The van der Waals surface area contributed by atoms with Crippen molar-refractivity contribution in [1.29, 1.82) is 0 Å². The molecule has 0 radical (unpaired) electrons. The van der Waals surface area contributed by atoms with E-state index < -0.39 is 0 Å². The van der Waals surface area contributed by atoms with Crippen molar-refractivity contribution < 1.29 is 4.79 Å². The van der Waals surface area contributed by atoms with Crippen LogP contribution in [-0.4, -0.2) is 10.4 Å². The minimum Gasteiger partial charge on any atom is -0.302 e. The number of Topliss-reactive ketones (excluding diaryl/α,β-unsaturated/α-hetero) is 1. The van der Waals surface area contributed by atoms with Crippen molar-refractivity contribution in [1.82, 2.24) is 4.57 Å². The van der Waals surface area contributed by atoms with Crippen molar-refractivity contribution in [3.8, 4) is 0 Å². The molecular formula is C11H15NO2S. The monoisotopic (exact) mass is 225 g/mol. The van der Waals surface area contributed by atoms with Crippen molar-refractivity contribution in [3.05, 3.63) is 21.2 Å². The summed E-state index contributed by atoms with van der Waals surface area (Å²) in [5.74, 6) is 0.275. The van der Waals surface area contributed by atoms with Gasteiger partial charge < -0.3 is 4.57 Å². The molecular weight excluding hydrogens is 210 g/mol. The van der Waals surface area contributed by atoms with Gasteiger partial charge >= 0.3 is 4.87 Å². The Morgan fingerprint density at radius 3 is 2.80 bits per heavy atom. The zero-order chi connectivity index (χ0) is 11.1. The zero-order valence-electron chi connectivity index (χ0n) is 9.03. The standard InChI is InChI=1S/C11H15NO2S/c1-11(2)4-3-8(13)7-9(11)12-5-6-15-10(12)14/h5-6,9H,3-4,7H2,1-2H3. The highest BCUT2D eigenvalue weighted by atomic mass is 32.1. The van der Waals surface area contributed by atoms with Crippen LogP contribution >= 0.6 is 11.3 Å². The molecule has 0 spiro atoms. The van der Waals surface area contributed by atoms with Crippen LogP contribution in [0.5, 0.6) is 0 Å². The van der Waals surface area contributed by atoms with Crippen LogP contribution < -0.4 is 4.87 Å². The Morgan fingerprint density at radius 2 is 2.20 bits per heavy atom. The van der Waals surface area contributed by atoms with E-state index in [-0.39, 0.29) is 22.1 Å². The molecule has 1 aromatic rings. The molecule has 1 fully saturated rings. The molecule has 0 bridgehead atoms. The third kappa shape index (κ3) is 1.91. The van der Waals surface area contributed by atoms with E-state index in [2.05, 4.69) is 13.8 Å². The first-order valence-corrected chi connectivity index (χ1v) is 6.06. The first-order valence-electron chi connectivity index (χ1n) is 5.18. The van der Waals surface area contributed by atoms with E-state index in [0.29, 0.717) is 12.8 Å². The highest BCUT2D eigenvalue weighted by Crippen LogP contribution is 2.41. The predicted molar refractivity (Wildman–Crippen MR) is 60.3 cm³/mol. The number of nitrogens with zero attached hydrogens (tertiary/aromatic N) is 1. The Labute approximate surface area is 92.7 Å². The van der Waals surface area contributed by atoms with Crippen LogP contribution in [0, 0.1) is 5.41 Å². The summed E-state index contributed by atoms with van der Waals surface area (Å²) in [6, 6.07) is 0.0394. The molecule has 0 amide bonds.